The summed E-state index contributed by atoms with van der Waals surface area (Å²) in [4.78, 5) is 20.6. The number of methoxy groups -OCH3 is 1. The smallest absolute Gasteiger partial charge is 0.414 e. The Morgan fingerprint density at radius 2 is 1.95 bits per heavy atom. The van der Waals surface area contributed by atoms with Gasteiger partial charge in [0, 0.05) is 13.1 Å². The van der Waals surface area contributed by atoms with Crippen LogP contribution in [0.4, 0.5) is 5.69 Å². The highest BCUT2D eigenvalue weighted by Gasteiger charge is 2.23. The summed E-state index contributed by atoms with van der Waals surface area (Å²) in [5.74, 6) is -2.06. The number of anilines is 1. The number of rotatable bonds is 3. The minimum absolute atomic E-state index is 0.634. The highest BCUT2D eigenvalue weighted by Crippen LogP contribution is 2.31. The normalized spacial score (nSPS) is 16.9. The van der Waals surface area contributed by atoms with E-state index in [1.54, 1.807) is 7.11 Å². The van der Waals surface area contributed by atoms with Gasteiger partial charge in [-0.3, -0.25) is 0 Å². The number of ether oxygens (including phenoxy) is 1. The van der Waals surface area contributed by atoms with Gasteiger partial charge >= 0.3 is 11.9 Å². The van der Waals surface area contributed by atoms with E-state index in [1.807, 2.05) is 18.2 Å². The number of hydrogen-bond donors (Lipinski definition) is 3. The number of carbonyl (C=O) groups is 2. The summed E-state index contributed by atoms with van der Waals surface area (Å²) in [5.41, 5.74) is 6.88. The zero-order valence-corrected chi connectivity index (χ0v) is 11.9. The fourth-order valence-corrected chi connectivity index (χ4v) is 2.13. The molecule has 1 heterocycles. The molecule has 1 fully saturated rings. The molecule has 0 aromatic heterocycles. The van der Waals surface area contributed by atoms with Crippen molar-refractivity contribution in [3.63, 3.8) is 0 Å². The van der Waals surface area contributed by atoms with Gasteiger partial charge in [0.25, 0.3) is 0 Å². The average Bonchev–Trinajstić information content (AvgIpc) is 2.96. The molecule has 2 rings (SSSR count). The Labute approximate surface area is 122 Å². The standard InChI is InChI=1S/C12H18N2O.C2H2O4/c1-15-12-5-3-2-4-11(12)14-7-6-10(8-13)9-14;3-1(4)2(5)6/h2-5,10H,6-9,13H2,1H3;(H,3,4)(H,5,6). The van der Waals surface area contributed by atoms with Crippen molar-refractivity contribution < 1.29 is 24.5 Å². The fourth-order valence-electron chi connectivity index (χ4n) is 2.13. The quantitative estimate of drug-likeness (QED) is 0.701. The monoisotopic (exact) mass is 296 g/mol. The van der Waals surface area contributed by atoms with Crippen LogP contribution in [0.3, 0.4) is 0 Å². The second-order valence-corrected chi connectivity index (χ2v) is 4.62. The first-order valence-corrected chi connectivity index (χ1v) is 6.53. The fraction of sp³-hybridized carbons (Fsp3) is 0.429. The van der Waals surface area contributed by atoms with Crippen molar-refractivity contribution in [2.24, 2.45) is 11.7 Å². The molecule has 0 bridgehead atoms. The highest BCUT2D eigenvalue weighted by molar-refractivity contribution is 6.27. The molecule has 7 nitrogen and oxygen atoms in total. The van der Waals surface area contributed by atoms with E-state index in [-0.39, 0.29) is 0 Å². The van der Waals surface area contributed by atoms with E-state index in [1.165, 1.54) is 12.1 Å². The van der Waals surface area contributed by atoms with Gasteiger partial charge in [-0.1, -0.05) is 12.1 Å². The Bertz CT molecular complexity index is 480. The van der Waals surface area contributed by atoms with E-state index >= 15 is 0 Å². The first-order chi connectivity index (χ1) is 9.99. The maximum atomic E-state index is 9.10. The third kappa shape index (κ3) is 4.96. The van der Waals surface area contributed by atoms with Crippen molar-refractivity contribution >= 4 is 17.6 Å². The highest BCUT2D eigenvalue weighted by atomic mass is 16.5. The predicted octanol–water partition coefficient (Wildman–Crippen LogP) is 0.636. The Morgan fingerprint density at radius 3 is 2.43 bits per heavy atom. The van der Waals surface area contributed by atoms with E-state index in [0.717, 1.165) is 25.4 Å². The molecule has 4 N–H and O–H groups in total. The van der Waals surface area contributed by atoms with Gasteiger partial charge in [-0.15, -0.1) is 0 Å². The number of hydrogen-bond acceptors (Lipinski definition) is 5. The van der Waals surface area contributed by atoms with Crippen LogP contribution in [0.5, 0.6) is 5.75 Å². The average molecular weight is 296 g/mol. The maximum absolute atomic E-state index is 9.10. The number of carboxylic acids is 2. The third-order valence-corrected chi connectivity index (χ3v) is 3.23. The number of para-hydroxylation sites is 2. The van der Waals surface area contributed by atoms with Crippen LogP contribution in [-0.2, 0) is 9.59 Å². The van der Waals surface area contributed by atoms with Crippen LogP contribution in [0, 0.1) is 5.92 Å². The minimum atomic E-state index is -1.82. The number of nitrogens with zero attached hydrogens (tertiary/aromatic N) is 1. The van der Waals surface area contributed by atoms with E-state index in [2.05, 4.69) is 11.0 Å². The summed E-state index contributed by atoms with van der Waals surface area (Å²) in [6.45, 7) is 2.92. The largest absolute Gasteiger partial charge is 0.495 e. The lowest BCUT2D eigenvalue weighted by Gasteiger charge is -2.20. The molecule has 1 aromatic carbocycles. The molecule has 116 valence electrons. The van der Waals surface area contributed by atoms with Gasteiger partial charge in [0.2, 0.25) is 0 Å². The number of benzene rings is 1. The van der Waals surface area contributed by atoms with Crippen molar-refractivity contribution in [1.29, 1.82) is 0 Å². The number of aliphatic carboxylic acids is 2. The van der Waals surface area contributed by atoms with Crippen molar-refractivity contribution in [2.45, 2.75) is 6.42 Å². The minimum Gasteiger partial charge on any atom is -0.495 e. The first-order valence-electron chi connectivity index (χ1n) is 6.53. The van der Waals surface area contributed by atoms with Crippen LogP contribution < -0.4 is 15.4 Å². The lowest BCUT2D eigenvalue weighted by molar-refractivity contribution is -0.159. The molecule has 1 atom stereocenters. The summed E-state index contributed by atoms with van der Waals surface area (Å²) in [6.07, 6.45) is 1.19. The van der Waals surface area contributed by atoms with Crippen LogP contribution in [0.25, 0.3) is 0 Å². The van der Waals surface area contributed by atoms with Crippen molar-refractivity contribution in [3.8, 4) is 5.75 Å². The van der Waals surface area contributed by atoms with Gasteiger partial charge < -0.3 is 25.6 Å². The van der Waals surface area contributed by atoms with E-state index in [9.17, 15) is 0 Å². The summed E-state index contributed by atoms with van der Waals surface area (Å²) in [6, 6.07) is 8.16. The lowest BCUT2D eigenvalue weighted by atomic mass is 10.1. The van der Waals surface area contributed by atoms with Gasteiger partial charge in [-0.05, 0) is 31.0 Å². The number of nitrogens with two attached hydrogens (primary N) is 1. The van der Waals surface area contributed by atoms with Crippen LogP contribution in [-0.4, -0.2) is 48.9 Å². The molecule has 7 heteroatoms. The molecular weight excluding hydrogens is 276 g/mol. The molecule has 0 spiro atoms. The summed E-state index contributed by atoms with van der Waals surface area (Å²) in [5, 5.41) is 14.8. The Balaban J connectivity index is 0.000000315. The predicted molar refractivity (Wildman–Crippen MR) is 77.6 cm³/mol. The molecule has 1 saturated heterocycles. The molecule has 1 aliphatic rings. The van der Waals surface area contributed by atoms with E-state index < -0.39 is 11.9 Å². The lowest BCUT2D eigenvalue weighted by Crippen LogP contribution is -2.22. The summed E-state index contributed by atoms with van der Waals surface area (Å²) < 4.78 is 5.35. The molecule has 1 unspecified atom stereocenters. The topological polar surface area (TPSA) is 113 Å². The number of carboxylic acid groups (broad SMARTS) is 2. The van der Waals surface area contributed by atoms with Crippen LogP contribution in [0.1, 0.15) is 6.42 Å². The van der Waals surface area contributed by atoms with Gasteiger partial charge in [-0.25, -0.2) is 9.59 Å². The molecule has 1 aromatic rings. The maximum Gasteiger partial charge on any atom is 0.414 e. The molecule has 21 heavy (non-hydrogen) atoms. The zero-order chi connectivity index (χ0) is 15.8. The Morgan fingerprint density at radius 1 is 1.33 bits per heavy atom. The van der Waals surface area contributed by atoms with Gasteiger partial charge in [0.15, 0.2) is 0 Å². The SMILES string of the molecule is COc1ccccc1N1CCC(CN)C1.O=C(O)C(=O)O. The van der Waals surface area contributed by atoms with Crippen LogP contribution >= 0.6 is 0 Å². The molecule has 0 saturated carbocycles. The van der Waals surface area contributed by atoms with Gasteiger partial charge in [-0.2, -0.15) is 0 Å². The van der Waals surface area contributed by atoms with Gasteiger partial charge in [0.05, 0.1) is 12.8 Å². The summed E-state index contributed by atoms with van der Waals surface area (Å²) >= 11 is 0. The third-order valence-electron chi connectivity index (χ3n) is 3.23. The van der Waals surface area contributed by atoms with Crippen molar-refractivity contribution in [3.05, 3.63) is 24.3 Å². The van der Waals surface area contributed by atoms with Crippen molar-refractivity contribution in [2.75, 3.05) is 31.6 Å². The zero-order valence-electron chi connectivity index (χ0n) is 11.9. The van der Waals surface area contributed by atoms with E-state index in [4.69, 9.17) is 30.3 Å². The summed E-state index contributed by atoms with van der Waals surface area (Å²) in [7, 11) is 1.72. The Hall–Kier alpha value is -2.28. The van der Waals surface area contributed by atoms with Crippen molar-refractivity contribution in [1.82, 2.24) is 0 Å². The van der Waals surface area contributed by atoms with Crippen LogP contribution in [0.2, 0.25) is 0 Å². The molecule has 0 amide bonds. The van der Waals surface area contributed by atoms with Crippen LogP contribution in [0.15, 0.2) is 24.3 Å². The van der Waals surface area contributed by atoms with E-state index in [0.29, 0.717) is 5.92 Å². The molecule has 0 radical (unpaired) electrons. The molecular formula is C14H20N2O5. The molecule has 0 aliphatic carbocycles. The second-order valence-electron chi connectivity index (χ2n) is 4.62. The first kappa shape index (κ1) is 16.8. The van der Waals surface area contributed by atoms with Gasteiger partial charge in [0.1, 0.15) is 5.75 Å². The Kier molecular flexibility index (Phi) is 6.48. The molecule has 1 aliphatic heterocycles. The second kappa shape index (κ2) is 8.11.